The summed E-state index contributed by atoms with van der Waals surface area (Å²) >= 11 is 1.40. The summed E-state index contributed by atoms with van der Waals surface area (Å²) in [5.74, 6) is 0.336. The molecule has 30 heavy (non-hydrogen) atoms. The monoisotopic (exact) mass is 425 g/mol. The summed E-state index contributed by atoms with van der Waals surface area (Å²) in [6.45, 7) is 5.16. The molecule has 1 N–H and O–H groups in total. The number of rotatable bonds is 8. The standard InChI is InChI=1S/C23H27N3O3S/c1-16(2)14-26(23(28)20-7-5-11-29-20)15-17-13-18(9-10-19(17)25(3)4)24-22(27)21-8-6-12-30-21/h5-13,16H,14-15H2,1-4H3,(H,24,27). The Morgan fingerprint density at radius 3 is 2.53 bits per heavy atom. The predicted octanol–water partition coefficient (Wildman–Crippen LogP) is 4.96. The number of amides is 2. The van der Waals surface area contributed by atoms with Crippen LogP contribution in [0.1, 0.15) is 39.6 Å². The summed E-state index contributed by atoms with van der Waals surface area (Å²) in [5, 5.41) is 4.83. The lowest BCUT2D eigenvalue weighted by Gasteiger charge is -2.27. The van der Waals surface area contributed by atoms with Crippen molar-refractivity contribution in [2.45, 2.75) is 20.4 Å². The summed E-state index contributed by atoms with van der Waals surface area (Å²) in [6, 6.07) is 12.8. The number of nitrogens with one attached hydrogen (secondary N) is 1. The Balaban J connectivity index is 1.88. The average Bonchev–Trinajstić information content (AvgIpc) is 3.40. The highest BCUT2D eigenvalue weighted by Crippen LogP contribution is 2.26. The van der Waals surface area contributed by atoms with Gasteiger partial charge < -0.3 is 19.5 Å². The van der Waals surface area contributed by atoms with Crippen LogP contribution in [-0.2, 0) is 6.54 Å². The number of nitrogens with zero attached hydrogens (tertiary/aromatic N) is 2. The highest BCUT2D eigenvalue weighted by atomic mass is 32.1. The fraction of sp³-hybridized carbons (Fsp3) is 0.304. The third kappa shape index (κ3) is 5.30. The van der Waals surface area contributed by atoms with Crippen molar-refractivity contribution in [1.29, 1.82) is 0 Å². The molecule has 0 aliphatic heterocycles. The van der Waals surface area contributed by atoms with E-state index in [1.54, 1.807) is 23.1 Å². The molecular formula is C23H27N3O3S. The second kappa shape index (κ2) is 9.63. The molecule has 0 fully saturated rings. The van der Waals surface area contributed by atoms with Crippen molar-refractivity contribution in [3.8, 4) is 0 Å². The van der Waals surface area contributed by atoms with Crippen LogP contribution in [0.2, 0.25) is 0 Å². The van der Waals surface area contributed by atoms with Gasteiger partial charge in [0.05, 0.1) is 11.1 Å². The first-order chi connectivity index (χ1) is 14.3. The molecule has 6 nitrogen and oxygen atoms in total. The van der Waals surface area contributed by atoms with Crippen LogP contribution < -0.4 is 10.2 Å². The van der Waals surface area contributed by atoms with Gasteiger partial charge in [0.2, 0.25) is 0 Å². The lowest BCUT2D eigenvalue weighted by atomic mass is 10.1. The van der Waals surface area contributed by atoms with Crippen LogP contribution in [-0.4, -0.2) is 37.4 Å². The molecule has 3 rings (SSSR count). The summed E-state index contributed by atoms with van der Waals surface area (Å²) in [5.41, 5.74) is 2.64. The summed E-state index contributed by atoms with van der Waals surface area (Å²) in [4.78, 5) is 29.9. The van der Waals surface area contributed by atoms with E-state index < -0.39 is 0 Å². The van der Waals surface area contributed by atoms with E-state index in [-0.39, 0.29) is 11.8 Å². The van der Waals surface area contributed by atoms with E-state index in [9.17, 15) is 9.59 Å². The molecular weight excluding hydrogens is 398 g/mol. The minimum absolute atomic E-state index is 0.140. The van der Waals surface area contributed by atoms with Crippen LogP contribution >= 0.6 is 11.3 Å². The third-order valence-electron chi connectivity index (χ3n) is 4.53. The normalized spacial score (nSPS) is 10.8. The summed E-state index contributed by atoms with van der Waals surface area (Å²) in [7, 11) is 3.92. The molecule has 1 aromatic carbocycles. The molecule has 2 amide bonds. The Hall–Kier alpha value is -3.06. The largest absolute Gasteiger partial charge is 0.459 e. The Morgan fingerprint density at radius 2 is 1.93 bits per heavy atom. The molecule has 0 aliphatic rings. The van der Waals surface area contributed by atoms with E-state index in [1.165, 1.54) is 17.6 Å². The second-order valence-electron chi connectivity index (χ2n) is 7.73. The fourth-order valence-electron chi connectivity index (χ4n) is 3.25. The van der Waals surface area contributed by atoms with Gasteiger partial charge in [0, 0.05) is 38.6 Å². The number of carbonyl (C=O) groups excluding carboxylic acids is 2. The van der Waals surface area contributed by atoms with E-state index in [1.807, 2.05) is 48.6 Å². The number of hydrogen-bond donors (Lipinski definition) is 1. The van der Waals surface area contributed by atoms with Crippen molar-refractivity contribution < 1.29 is 14.0 Å². The van der Waals surface area contributed by atoms with E-state index in [4.69, 9.17) is 4.42 Å². The first-order valence-corrected chi connectivity index (χ1v) is 10.7. The van der Waals surface area contributed by atoms with Gasteiger partial charge in [0.1, 0.15) is 0 Å². The lowest BCUT2D eigenvalue weighted by molar-refractivity contribution is 0.0690. The number of hydrogen-bond acceptors (Lipinski definition) is 5. The van der Waals surface area contributed by atoms with Gasteiger partial charge in [0.25, 0.3) is 11.8 Å². The fourth-order valence-corrected chi connectivity index (χ4v) is 3.87. The van der Waals surface area contributed by atoms with E-state index in [2.05, 4.69) is 19.2 Å². The third-order valence-corrected chi connectivity index (χ3v) is 5.40. The maximum Gasteiger partial charge on any atom is 0.289 e. The van der Waals surface area contributed by atoms with Crippen LogP contribution in [0.15, 0.2) is 58.5 Å². The highest BCUT2D eigenvalue weighted by Gasteiger charge is 2.21. The van der Waals surface area contributed by atoms with Gasteiger partial charge in [-0.3, -0.25) is 9.59 Å². The van der Waals surface area contributed by atoms with Gasteiger partial charge in [0.15, 0.2) is 5.76 Å². The number of carbonyl (C=O) groups is 2. The van der Waals surface area contributed by atoms with Gasteiger partial charge in [-0.25, -0.2) is 0 Å². The first kappa shape index (κ1) is 21.6. The van der Waals surface area contributed by atoms with Crippen LogP contribution in [0.5, 0.6) is 0 Å². The number of thiophene rings is 1. The number of furan rings is 1. The molecule has 0 spiro atoms. The molecule has 0 radical (unpaired) electrons. The molecule has 0 unspecified atom stereocenters. The Labute approximate surface area is 181 Å². The molecule has 0 saturated heterocycles. The highest BCUT2D eigenvalue weighted by molar-refractivity contribution is 7.12. The van der Waals surface area contributed by atoms with Gasteiger partial charge in [-0.2, -0.15) is 0 Å². The second-order valence-corrected chi connectivity index (χ2v) is 8.67. The average molecular weight is 426 g/mol. The molecule has 2 aromatic heterocycles. The van der Waals surface area contributed by atoms with E-state index >= 15 is 0 Å². The van der Waals surface area contributed by atoms with Crippen LogP contribution in [0.3, 0.4) is 0 Å². The molecule has 7 heteroatoms. The summed E-state index contributed by atoms with van der Waals surface area (Å²) < 4.78 is 5.33. The van der Waals surface area contributed by atoms with Crippen molar-refractivity contribution in [3.05, 3.63) is 70.3 Å². The molecule has 0 bridgehead atoms. The van der Waals surface area contributed by atoms with Gasteiger partial charge in [-0.1, -0.05) is 19.9 Å². The summed E-state index contributed by atoms with van der Waals surface area (Å²) in [6.07, 6.45) is 1.51. The molecule has 0 aliphatic carbocycles. The van der Waals surface area contributed by atoms with Crippen LogP contribution in [0, 0.1) is 5.92 Å². The maximum atomic E-state index is 13.0. The SMILES string of the molecule is CC(C)CN(Cc1cc(NC(=O)c2cccs2)ccc1N(C)C)C(=O)c1ccco1. The van der Waals surface area contributed by atoms with E-state index in [0.29, 0.717) is 35.3 Å². The van der Waals surface area contributed by atoms with E-state index in [0.717, 1.165) is 11.3 Å². The molecule has 3 aromatic rings. The van der Waals surface area contributed by atoms with Crippen molar-refractivity contribution in [2.75, 3.05) is 30.9 Å². The molecule has 158 valence electrons. The van der Waals surface area contributed by atoms with Crippen LogP contribution in [0.25, 0.3) is 0 Å². The van der Waals surface area contributed by atoms with Crippen molar-refractivity contribution in [3.63, 3.8) is 0 Å². The van der Waals surface area contributed by atoms with Gasteiger partial charge in [-0.05, 0) is 53.3 Å². The lowest BCUT2D eigenvalue weighted by Crippen LogP contribution is -2.34. The minimum atomic E-state index is -0.147. The Bertz CT molecular complexity index is 979. The maximum absolute atomic E-state index is 13.0. The zero-order valence-corrected chi connectivity index (χ0v) is 18.5. The van der Waals surface area contributed by atoms with Crippen molar-refractivity contribution in [1.82, 2.24) is 4.90 Å². The van der Waals surface area contributed by atoms with Gasteiger partial charge >= 0.3 is 0 Å². The zero-order chi connectivity index (χ0) is 21.7. The minimum Gasteiger partial charge on any atom is -0.459 e. The Morgan fingerprint density at radius 1 is 1.13 bits per heavy atom. The van der Waals surface area contributed by atoms with Crippen molar-refractivity contribution in [2.24, 2.45) is 5.92 Å². The molecule has 2 heterocycles. The topological polar surface area (TPSA) is 65.8 Å². The number of benzene rings is 1. The quantitative estimate of drug-likeness (QED) is 0.554. The predicted molar refractivity (Wildman–Crippen MR) is 121 cm³/mol. The molecule has 0 saturated carbocycles. The van der Waals surface area contributed by atoms with Gasteiger partial charge in [-0.15, -0.1) is 11.3 Å². The zero-order valence-electron chi connectivity index (χ0n) is 17.7. The first-order valence-electron chi connectivity index (χ1n) is 9.83. The smallest absolute Gasteiger partial charge is 0.289 e. The van der Waals surface area contributed by atoms with Crippen LogP contribution in [0.4, 0.5) is 11.4 Å². The number of anilines is 2. The molecule has 0 atom stereocenters. The Kier molecular flexibility index (Phi) is 6.95. The van der Waals surface area contributed by atoms with Crippen molar-refractivity contribution >= 4 is 34.5 Å².